The highest BCUT2D eigenvalue weighted by Crippen LogP contribution is 2.37. The molecule has 3 rings (SSSR count). The molecule has 7 heteroatoms. The second-order valence-corrected chi connectivity index (χ2v) is 9.90. The fourth-order valence-electron chi connectivity index (χ4n) is 4.34. The number of nitrogens with two attached hydrogens (primary N) is 1. The maximum Gasteiger partial charge on any atom is 0.305 e. The van der Waals surface area contributed by atoms with Crippen molar-refractivity contribution in [2.75, 3.05) is 12.4 Å². The van der Waals surface area contributed by atoms with E-state index in [4.69, 9.17) is 10.5 Å². The highest BCUT2D eigenvalue weighted by molar-refractivity contribution is 7.99. The Bertz CT molecular complexity index is 1210. The van der Waals surface area contributed by atoms with Crippen LogP contribution in [0.2, 0.25) is 0 Å². The third-order valence-electron chi connectivity index (χ3n) is 5.98. The molecule has 6 nitrogen and oxygen atoms in total. The largest absolute Gasteiger partial charge is 0.466 e. The number of ether oxygens (including phenoxy) is 1. The molecule has 35 heavy (non-hydrogen) atoms. The van der Waals surface area contributed by atoms with Crippen LogP contribution in [-0.4, -0.2) is 34.6 Å². The quantitative estimate of drug-likeness (QED) is 0.118. The maximum atomic E-state index is 13.0. The van der Waals surface area contributed by atoms with E-state index >= 15 is 0 Å². The Kier molecular flexibility index (Phi) is 9.15. The Morgan fingerprint density at radius 3 is 2.40 bits per heavy atom. The first kappa shape index (κ1) is 26.5. The summed E-state index contributed by atoms with van der Waals surface area (Å²) in [6.07, 6.45) is 1.66. The molecule has 0 aliphatic heterocycles. The van der Waals surface area contributed by atoms with Crippen LogP contribution in [-0.2, 0) is 27.3 Å². The van der Waals surface area contributed by atoms with Crippen molar-refractivity contribution in [3.05, 3.63) is 64.8 Å². The average Bonchev–Trinajstić information content (AvgIpc) is 3.13. The Hall–Kier alpha value is -3.06. The summed E-state index contributed by atoms with van der Waals surface area (Å²) in [5.74, 6) is -0.793. The predicted molar refractivity (Wildman–Crippen MR) is 141 cm³/mol. The van der Waals surface area contributed by atoms with Gasteiger partial charge in [0.2, 0.25) is 0 Å². The minimum absolute atomic E-state index is 0.187. The van der Waals surface area contributed by atoms with Crippen LogP contribution >= 0.6 is 11.8 Å². The summed E-state index contributed by atoms with van der Waals surface area (Å²) in [7, 11) is 0. The molecule has 0 atom stereocenters. The van der Waals surface area contributed by atoms with Crippen molar-refractivity contribution in [1.29, 1.82) is 0 Å². The van der Waals surface area contributed by atoms with Crippen molar-refractivity contribution in [3.63, 3.8) is 0 Å². The zero-order chi connectivity index (χ0) is 25.5. The van der Waals surface area contributed by atoms with Crippen molar-refractivity contribution in [3.8, 4) is 0 Å². The van der Waals surface area contributed by atoms with Crippen LogP contribution in [0.5, 0.6) is 0 Å². The van der Waals surface area contributed by atoms with Gasteiger partial charge < -0.3 is 15.0 Å². The molecule has 1 aromatic heterocycles. The number of nitrogens with zero attached hydrogens (tertiary/aromatic N) is 1. The molecular formula is C28H34N2O4S. The lowest BCUT2D eigenvalue weighted by molar-refractivity contribution is -0.143. The number of fused-ring (bicyclic) bond motifs is 1. The first-order chi connectivity index (χ1) is 16.8. The molecule has 186 valence electrons. The fraction of sp³-hybridized carbons (Fsp3) is 0.393. The van der Waals surface area contributed by atoms with Crippen LogP contribution < -0.4 is 5.73 Å². The van der Waals surface area contributed by atoms with E-state index in [1.54, 1.807) is 18.7 Å². The number of benzene rings is 2. The predicted octanol–water partition coefficient (Wildman–Crippen LogP) is 5.48. The third-order valence-corrected chi connectivity index (χ3v) is 7.14. The van der Waals surface area contributed by atoms with Gasteiger partial charge >= 0.3 is 5.97 Å². The zero-order valence-corrected chi connectivity index (χ0v) is 21.7. The Balaban J connectivity index is 2.10. The van der Waals surface area contributed by atoms with E-state index in [2.05, 4.69) is 36.6 Å². The molecule has 0 aliphatic carbocycles. The lowest BCUT2D eigenvalue weighted by Gasteiger charge is -2.15. The minimum Gasteiger partial charge on any atom is -0.466 e. The summed E-state index contributed by atoms with van der Waals surface area (Å²) in [4.78, 5) is 37.7. The number of carbonyl (C=O) groups excluding carboxylic acids is 3. The molecule has 1 amide bonds. The molecule has 2 N–H and O–H groups in total. The molecule has 0 fully saturated rings. The Morgan fingerprint density at radius 1 is 1.09 bits per heavy atom. The van der Waals surface area contributed by atoms with Gasteiger partial charge in [-0.3, -0.25) is 14.4 Å². The topological polar surface area (TPSA) is 91.4 Å². The molecule has 0 spiro atoms. The molecule has 0 aliphatic rings. The molecule has 0 radical (unpaired) electrons. The summed E-state index contributed by atoms with van der Waals surface area (Å²) < 4.78 is 7.16. The molecule has 3 aromatic rings. The van der Waals surface area contributed by atoms with E-state index < -0.39 is 11.7 Å². The van der Waals surface area contributed by atoms with Crippen LogP contribution in [0.25, 0.3) is 10.9 Å². The average molecular weight is 495 g/mol. The second kappa shape index (κ2) is 12.1. The summed E-state index contributed by atoms with van der Waals surface area (Å²) in [5.41, 5.74) is 9.88. The molecule has 2 aromatic carbocycles. The number of carbonyl (C=O) groups is 3. The molecule has 1 heterocycles. The summed E-state index contributed by atoms with van der Waals surface area (Å²) >= 11 is 1.66. The van der Waals surface area contributed by atoms with Gasteiger partial charge in [0, 0.05) is 34.5 Å². The standard InChI is InChI=1S/C28H34N2O4S/c1-5-22-26(27(32)28(29)33)21-16-24(35-14-10-13-25(31)34-6-2)20(18(3)4)15-23(21)30(22)17-19-11-8-7-9-12-19/h7-9,11-12,15-16,18H,5-6,10,13-14,17H2,1-4H3,(H2,29,33). The summed E-state index contributed by atoms with van der Waals surface area (Å²) in [6.45, 7) is 9.06. The SMILES string of the molecule is CCOC(=O)CCCSc1cc2c(C(=O)C(N)=O)c(CC)n(Cc3ccccc3)c2cc1C(C)C. The normalized spacial score (nSPS) is 11.2. The minimum atomic E-state index is -0.949. The first-order valence-electron chi connectivity index (χ1n) is 12.1. The molecule has 0 unspecified atom stereocenters. The number of amides is 1. The highest BCUT2D eigenvalue weighted by atomic mass is 32.2. The first-order valence-corrected chi connectivity index (χ1v) is 13.1. The Morgan fingerprint density at radius 2 is 1.80 bits per heavy atom. The third kappa shape index (κ3) is 6.14. The molecule has 0 bridgehead atoms. The number of hydrogen-bond donors (Lipinski definition) is 1. The summed E-state index contributed by atoms with van der Waals surface area (Å²) in [6, 6.07) is 14.2. The number of thioether (sulfide) groups is 1. The van der Waals surface area contributed by atoms with E-state index in [9.17, 15) is 14.4 Å². The van der Waals surface area contributed by atoms with Gasteiger partial charge in [0.05, 0.1) is 12.2 Å². The van der Waals surface area contributed by atoms with E-state index in [0.29, 0.717) is 38.0 Å². The Labute approximate surface area is 211 Å². The number of aromatic nitrogens is 1. The van der Waals surface area contributed by atoms with E-state index in [0.717, 1.165) is 32.8 Å². The summed E-state index contributed by atoms with van der Waals surface area (Å²) in [5, 5.41) is 0.749. The van der Waals surface area contributed by atoms with Gasteiger partial charge in [0.1, 0.15) is 0 Å². The van der Waals surface area contributed by atoms with Crippen LogP contribution in [0.3, 0.4) is 0 Å². The number of hydrogen-bond acceptors (Lipinski definition) is 5. The van der Waals surface area contributed by atoms with Gasteiger partial charge in [-0.25, -0.2) is 0 Å². The zero-order valence-electron chi connectivity index (χ0n) is 20.9. The number of primary amides is 1. The molecular weight excluding hydrogens is 460 g/mol. The van der Waals surface area contributed by atoms with E-state index in [1.807, 2.05) is 31.2 Å². The second-order valence-electron chi connectivity index (χ2n) is 8.76. The molecule has 0 saturated heterocycles. The number of esters is 1. The van der Waals surface area contributed by atoms with Gasteiger partial charge in [0.25, 0.3) is 11.7 Å². The number of ketones is 1. The van der Waals surface area contributed by atoms with Gasteiger partial charge in [0.15, 0.2) is 0 Å². The molecule has 0 saturated carbocycles. The fourth-order valence-corrected chi connectivity index (χ4v) is 5.51. The van der Waals surface area contributed by atoms with Crippen molar-refractivity contribution >= 4 is 40.3 Å². The van der Waals surface area contributed by atoms with Crippen molar-refractivity contribution in [2.24, 2.45) is 5.73 Å². The maximum absolute atomic E-state index is 13.0. The number of Topliss-reactive ketones (excluding diaryl/α,β-unsaturated/α-hetero) is 1. The smallest absolute Gasteiger partial charge is 0.305 e. The van der Waals surface area contributed by atoms with Crippen molar-refractivity contribution in [1.82, 2.24) is 4.57 Å². The van der Waals surface area contributed by atoms with Crippen LogP contribution in [0, 0.1) is 0 Å². The van der Waals surface area contributed by atoms with Crippen LogP contribution in [0.15, 0.2) is 47.4 Å². The highest BCUT2D eigenvalue weighted by Gasteiger charge is 2.26. The van der Waals surface area contributed by atoms with Gasteiger partial charge in [-0.05, 0) is 54.7 Å². The van der Waals surface area contributed by atoms with E-state index in [-0.39, 0.29) is 11.9 Å². The van der Waals surface area contributed by atoms with Gasteiger partial charge in [-0.15, -0.1) is 11.8 Å². The van der Waals surface area contributed by atoms with Gasteiger partial charge in [-0.2, -0.15) is 0 Å². The monoisotopic (exact) mass is 494 g/mol. The van der Waals surface area contributed by atoms with Crippen molar-refractivity contribution in [2.45, 2.75) is 64.3 Å². The van der Waals surface area contributed by atoms with Crippen LogP contribution in [0.1, 0.15) is 73.6 Å². The lowest BCUT2D eigenvalue weighted by atomic mass is 9.99. The van der Waals surface area contributed by atoms with Crippen molar-refractivity contribution < 1.29 is 19.1 Å². The lowest BCUT2D eigenvalue weighted by Crippen LogP contribution is -2.24. The number of rotatable bonds is 12. The van der Waals surface area contributed by atoms with Gasteiger partial charge in [-0.1, -0.05) is 51.1 Å². The van der Waals surface area contributed by atoms with Crippen LogP contribution in [0.4, 0.5) is 0 Å². The van der Waals surface area contributed by atoms with E-state index in [1.165, 1.54) is 5.56 Å².